The Morgan fingerprint density at radius 2 is 2.00 bits per heavy atom. The van der Waals surface area contributed by atoms with Crippen molar-refractivity contribution < 1.29 is 14.1 Å². The molecule has 82 valence electrons. The Bertz CT molecular complexity index is 385. The van der Waals surface area contributed by atoms with E-state index in [1.807, 2.05) is 20.8 Å². The van der Waals surface area contributed by atoms with Crippen molar-refractivity contribution in [2.75, 3.05) is 0 Å². The molecule has 1 aromatic rings. The lowest BCUT2D eigenvalue weighted by Gasteiger charge is -2.20. The first-order valence-corrected chi connectivity index (χ1v) is 4.42. The summed E-state index contributed by atoms with van der Waals surface area (Å²) in [6.07, 6.45) is 0. The van der Waals surface area contributed by atoms with Crippen LogP contribution in [0.15, 0.2) is 18.2 Å². The van der Waals surface area contributed by atoms with Gasteiger partial charge < -0.3 is 4.74 Å². The van der Waals surface area contributed by atoms with Crippen molar-refractivity contribution in [2.24, 2.45) is 0 Å². The van der Waals surface area contributed by atoms with Crippen molar-refractivity contribution in [3.8, 4) is 5.75 Å². The summed E-state index contributed by atoms with van der Waals surface area (Å²) < 4.78 is 18.3. The molecule has 0 saturated carbocycles. The molecule has 5 heteroatoms. The van der Waals surface area contributed by atoms with Gasteiger partial charge in [-0.05, 0) is 32.9 Å². The lowest BCUT2D eigenvalue weighted by Crippen LogP contribution is -2.22. The zero-order chi connectivity index (χ0) is 11.6. The van der Waals surface area contributed by atoms with E-state index in [4.69, 9.17) is 4.74 Å². The average Bonchev–Trinajstić information content (AvgIpc) is 2.05. The maximum absolute atomic E-state index is 13.0. The number of halogens is 1. The molecule has 0 heterocycles. The quantitative estimate of drug-likeness (QED) is 0.560. The predicted molar refractivity (Wildman–Crippen MR) is 53.4 cm³/mol. The average molecular weight is 213 g/mol. The molecule has 1 aromatic carbocycles. The molecule has 1 rings (SSSR count). The normalized spacial score (nSPS) is 11.2. The minimum absolute atomic E-state index is 0.288. The SMILES string of the molecule is CC(C)(C)Oc1ccc(F)c([N+](=O)[O-])c1. The van der Waals surface area contributed by atoms with Crippen LogP contribution >= 0.6 is 0 Å². The predicted octanol–water partition coefficient (Wildman–Crippen LogP) is 2.91. The van der Waals surface area contributed by atoms with Gasteiger partial charge in [0.2, 0.25) is 5.82 Å². The Morgan fingerprint density at radius 1 is 1.40 bits per heavy atom. The number of benzene rings is 1. The molecule has 4 nitrogen and oxygen atoms in total. The summed E-state index contributed by atoms with van der Waals surface area (Å²) in [4.78, 5) is 9.68. The summed E-state index contributed by atoms with van der Waals surface area (Å²) in [5, 5.41) is 10.4. The first-order chi connectivity index (χ1) is 6.79. The van der Waals surface area contributed by atoms with E-state index < -0.39 is 22.0 Å². The highest BCUT2D eigenvalue weighted by Crippen LogP contribution is 2.25. The summed E-state index contributed by atoms with van der Waals surface area (Å²) in [6, 6.07) is 3.48. The zero-order valence-corrected chi connectivity index (χ0v) is 8.78. The fraction of sp³-hybridized carbons (Fsp3) is 0.400. The molecule has 0 saturated heterocycles. The van der Waals surface area contributed by atoms with Crippen LogP contribution in [0.5, 0.6) is 5.75 Å². The van der Waals surface area contributed by atoms with Gasteiger partial charge in [0, 0.05) is 0 Å². The van der Waals surface area contributed by atoms with E-state index in [0.717, 1.165) is 12.1 Å². The molecule has 0 aromatic heterocycles. The van der Waals surface area contributed by atoms with Gasteiger partial charge in [-0.2, -0.15) is 4.39 Å². The lowest BCUT2D eigenvalue weighted by molar-refractivity contribution is -0.387. The molecular formula is C10H12FNO3. The molecule has 15 heavy (non-hydrogen) atoms. The second-order valence-corrected chi connectivity index (χ2v) is 4.08. The first-order valence-electron chi connectivity index (χ1n) is 4.42. The maximum atomic E-state index is 13.0. The number of nitrogens with zero attached hydrogens (tertiary/aromatic N) is 1. The fourth-order valence-corrected chi connectivity index (χ4v) is 1.05. The van der Waals surface area contributed by atoms with E-state index in [2.05, 4.69) is 0 Å². The number of hydrogen-bond acceptors (Lipinski definition) is 3. The van der Waals surface area contributed by atoms with Crippen LogP contribution in [-0.4, -0.2) is 10.5 Å². The molecule has 0 aliphatic rings. The van der Waals surface area contributed by atoms with Gasteiger partial charge in [0.25, 0.3) is 0 Å². The van der Waals surface area contributed by atoms with Gasteiger partial charge in [0.15, 0.2) is 0 Å². The Kier molecular flexibility index (Phi) is 2.93. The van der Waals surface area contributed by atoms with Gasteiger partial charge in [-0.3, -0.25) is 10.1 Å². The van der Waals surface area contributed by atoms with Gasteiger partial charge in [0.05, 0.1) is 11.0 Å². The third-order valence-corrected chi connectivity index (χ3v) is 1.54. The van der Waals surface area contributed by atoms with Crippen LogP contribution in [0.25, 0.3) is 0 Å². The van der Waals surface area contributed by atoms with Crippen LogP contribution < -0.4 is 4.74 Å². The molecule has 0 aliphatic heterocycles. The van der Waals surface area contributed by atoms with E-state index in [1.54, 1.807) is 0 Å². The van der Waals surface area contributed by atoms with Gasteiger partial charge in [0.1, 0.15) is 11.4 Å². The van der Waals surface area contributed by atoms with E-state index in [1.165, 1.54) is 6.07 Å². The molecular weight excluding hydrogens is 201 g/mol. The molecule has 0 radical (unpaired) electrons. The van der Waals surface area contributed by atoms with Crippen LogP contribution in [0.2, 0.25) is 0 Å². The third kappa shape index (κ3) is 3.19. The topological polar surface area (TPSA) is 52.4 Å². The van der Waals surface area contributed by atoms with Crippen LogP contribution in [0, 0.1) is 15.9 Å². The molecule has 0 unspecified atom stereocenters. The zero-order valence-electron chi connectivity index (χ0n) is 8.78. The molecule has 0 N–H and O–H groups in total. The lowest BCUT2D eigenvalue weighted by atomic mass is 10.2. The van der Waals surface area contributed by atoms with Crippen LogP contribution in [-0.2, 0) is 0 Å². The number of hydrogen-bond donors (Lipinski definition) is 0. The van der Waals surface area contributed by atoms with Crippen molar-refractivity contribution in [1.82, 2.24) is 0 Å². The highest BCUT2D eigenvalue weighted by molar-refractivity contribution is 5.39. The molecule has 0 aliphatic carbocycles. The van der Waals surface area contributed by atoms with Crippen molar-refractivity contribution in [1.29, 1.82) is 0 Å². The summed E-state index contributed by atoms with van der Waals surface area (Å²) in [6.45, 7) is 5.42. The minimum Gasteiger partial charge on any atom is -0.488 e. The van der Waals surface area contributed by atoms with Crippen LogP contribution in [0.4, 0.5) is 10.1 Å². The van der Waals surface area contributed by atoms with Gasteiger partial charge in [-0.1, -0.05) is 0 Å². The Labute approximate surface area is 86.8 Å². The molecule has 0 atom stereocenters. The molecule has 0 bridgehead atoms. The van der Waals surface area contributed by atoms with Gasteiger partial charge in [-0.15, -0.1) is 0 Å². The third-order valence-electron chi connectivity index (χ3n) is 1.54. The van der Waals surface area contributed by atoms with E-state index in [0.29, 0.717) is 0 Å². The number of nitro benzene ring substituents is 1. The molecule has 0 spiro atoms. The highest BCUT2D eigenvalue weighted by Gasteiger charge is 2.18. The standard InChI is InChI=1S/C10H12FNO3/c1-10(2,3)15-7-4-5-8(11)9(6-7)12(13)14/h4-6H,1-3H3. The van der Waals surface area contributed by atoms with Crippen molar-refractivity contribution >= 4 is 5.69 Å². The van der Waals surface area contributed by atoms with Crippen molar-refractivity contribution in [2.45, 2.75) is 26.4 Å². The van der Waals surface area contributed by atoms with Crippen LogP contribution in [0.1, 0.15) is 20.8 Å². The molecule has 0 amide bonds. The second kappa shape index (κ2) is 3.84. The second-order valence-electron chi connectivity index (χ2n) is 4.08. The minimum atomic E-state index is -0.860. The Morgan fingerprint density at radius 3 is 2.47 bits per heavy atom. The summed E-state index contributed by atoms with van der Waals surface area (Å²) >= 11 is 0. The summed E-state index contributed by atoms with van der Waals surface area (Å²) in [5.74, 6) is -0.572. The maximum Gasteiger partial charge on any atom is 0.308 e. The van der Waals surface area contributed by atoms with E-state index >= 15 is 0 Å². The smallest absolute Gasteiger partial charge is 0.308 e. The number of ether oxygens (including phenoxy) is 1. The van der Waals surface area contributed by atoms with Crippen molar-refractivity contribution in [3.63, 3.8) is 0 Å². The summed E-state index contributed by atoms with van der Waals surface area (Å²) in [7, 11) is 0. The Balaban J connectivity index is 3.03. The van der Waals surface area contributed by atoms with Gasteiger partial charge >= 0.3 is 5.69 Å². The van der Waals surface area contributed by atoms with Crippen molar-refractivity contribution in [3.05, 3.63) is 34.1 Å². The molecule has 0 fully saturated rings. The van der Waals surface area contributed by atoms with Gasteiger partial charge in [-0.25, -0.2) is 0 Å². The largest absolute Gasteiger partial charge is 0.488 e. The number of rotatable bonds is 2. The van der Waals surface area contributed by atoms with Crippen LogP contribution in [0.3, 0.4) is 0 Å². The number of nitro groups is 1. The van der Waals surface area contributed by atoms with E-state index in [-0.39, 0.29) is 5.75 Å². The summed E-state index contributed by atoms with van der Waals surface area (Å²) in [5.41, 5.74) is -1.04. The Hall–Kier alpha value is -1.65. The highest BCUT2D eigenvalue weighted by atomic mass is 19.1. The first kappa shape index (κ1) is 11.4. The fourth-order valence-electron chi connectivity index (χ4n) is 1.05. The monoisotopic (exact) mass is 213 g/mol. The van der Waals surface area contributed by atoms with E-state index in [9.17, 15) is 14.5 Å².